The molecule has 4 N–H and O–H groups in total. The molecule has 1 saturated heterocycles. The molecular formula is C14H23N5O. The van der Waals surface area contributed by atoms with E-state index in [9.17, 15) is 0 Å². The zero-order chi connectivity index (χ0) is 14.2. The number of oxime groups is 1. The molecule has 0 radical (unpaired) electrons. The van der Waals surface area contributed by atoms with Crippen molar-refractivity contribution >= 4 is 11.5 Å². The molecule has 1 aromatic rings. The molecule has 20 heavy (non-hydrogen) atoms. The van der Waals surface area contributed by atoms with Gasteiger partial charge in [0.1, 0.15) is 5.69 Å². The van der Waals surface area contributed by atoms with E-state index in [1.165, 1.54) is 32.4 Å². The summed E-state index contributed by atoms with van der Waals surface area (Å²) in [5.74, 6) is 0.0293. The van der Waals surface area contributed by atoms with E-state index in [0.717, 1.165) is 25.2 Å². The number of piperidine rings is 1. The Balaban J connectivity index is 1.68. The molecule has 1 aromatic heterocycles. The summed E-state index contributed by atoms with van der Waals surface area (Å²) in [5.41, 5.74) is 6.89. The maximum atomic E-state index is 8.56. The number of anilines is 1. The molecule has 0 spiro atoms. The van der Waals surface area contributed by atoms with Gasteiger partial charge in [-0.05, 0) is 51.0 Å². The minimum atomic E-state index is 0.0293. The molecule has 0 amide bonds. The third kappa shape index (κ3) is 4.38. The van der Waals surface area contributed by atoms with Crippen LogP contribution in [0.25, 0.3) is 0 Å². The first-order valence-corrected chi connectivity index (χ1v) is 7.20. The molecule has 0 aliphatic carbocycles. The van der Waals surface area contributed by atoms with Gasteiger partial charge in [0.15, 0.2) is 5.84 Å². The van der Waals surface area contributed by atoms with E-state index in [1.807, 2.05) is 6.07 Å². The molecule has 2 heterocycles. The number of nitrogens with zero attached hydrogens (tertiary/aromatic N) is 3. The Kier molecular flexibility index (Phi) is 5.61. The fraction of sp³-hybridized carbons (Fsp3) is 0.571. The lowest BCUT2D eigenvalue weighted by Crippen LogP contribution is -2.31. The van der Waals surface area contributed by atoms with Gasteiger partial charge in [0, 0.05) is 6.54 Å². The van der Waals surface area contributed by atoms with Crippen LogP contribution in [0, 0.1) is 0 Å². The van der Waals surface area contributed by atoms with Crippen LogP contribution in [0.15, 0.2) is 23.5 Å². The van der Waals surface area contributed by atoms with Gasteiger partial charge < -0.3 is 21.2 Å². The van der Waals surface area contributed by atoms with Gasteiger partial charge in [-0.25, -0.2) is 0 Å². The third-order valence-electron chi connectivity index (χ3n) is 3.56. The summed E-state index contributed by atoms with van der Waals surface area (Å²) < 4.78 is 0. The molecule has 110 valence electrons. The highest BCUT2D eigenvalue weighted by molar-refractivity contribution is 5.95. The van der Waals surface area contributed by atoms with Gasteiger partial charge in [0.2, 0.25) is 0 Å². The van der Waals surface area contributed by atoms with Crippen LogP contribution in [0.2, 0.25) is 0 Å². The highest BCUT2D eigenvalue weighted by Crippen LogP contribution is 2.09. The van der Waals surface area contributed by atoms with Crippen LogP contribution in [-0.4, -0.2) is 47.1 Å². The summed E-state index contributed by atoms with van der Waals surface area (Å²) >= 11 is 0. The van der Waals surface area contributed by atoms with Crippen molar-refractivity contribution < 1.29 is 5.21 Å². The Bertz CT molecular complexity index is 426. The minimum Gasteiger partial charge on any atom is -0.409 e. The molecule has 0 unspecified atom stereocenters. The lowest BCUT2D eigenvalue weighted by atomic mass is 10.1. The molecule has 0 bridgehead atoms. The Morgan fingerprint density at radius 3 is 2.80 bits per heavy atom. The maximum Gasteiger partial charge on any atom is 0.188 e. The normalized spacial score (nSPS) is 17.1. The number of aromatic nitrogens is 1. The lowest BCUT2D eigenvalue weighted by Gasteiger charge is -2.26. The van der Waals surface area contributed by atoms with E-state index < -0.39 is 0 Å². The van der Waals surface area contributed by atoms with Crippen molar-refractivity contribution in [3.8, 4) is 0 Å². The van der Waals surface area contributed by atoms with Crippen LogP contribution in [0.3, 0.4) is 0 Å². The maximum absolute atomic E-state index is 8.56. The van der Waals surface area contributed by atoms with Gasteiger partial charge in [-0.2, -0.15) is 0 Å². The topological polar surface area (TPSA) is 86.8 Å². The van der Waals surface area contributed by atoms with E-state index in [1.54, 1.807) is 12.3 Å². The van der Waals surface area contributed by atoms with Crippen molar-refractivity contribution in [2.45, 2.75) is 25.7 Å². The summed E-state index contributed by atoms with van der Waals surface area (Å²) in [6, 6.07) is 3.63. The van der Waals surface area contributed by atoms with Crippen molar-refractivity contribution in [1.82, 2.24) is 9.88 Å². The molecule has 0 saturated carbocycles. The fourth-order valence-corrected chi connectivity index (χ4v) is 2.42. The highest BCUT2D eigenvalue weighted by atomic mass is 16.4. The second-order valence-corrected chi connectivity index (χ2v) is 5.10. The summed E-state index contributed by atoms with van der Waals surface area (Å²) in [6.45, 7) is 4.58. The quantitative estimate of drug-likeness (QED) is 0.241. The van der Waals surface area contributed by atoms with Crippen LogP contribution in [0.1, 0.15) is 31.4 Å². The number of amidine groups is 1. The van der Waals surface area contributed by atoms with E-state index in [0.29, 0.717) is 5.69 Å². The number of hydrogen-bond donors (Lipinski definition) is 3. The van der Waals surface area contributed by atoms with Crippen LogP contribution >= 0.6 is 0 Å². The van der Waals surface area contributed by atoms with Gasteiger partial charge in [0.25, 0.3) is 0 Å². The molecule has 0 atom stereocenters. The Morgan fingerprint density at radius 2 is 2.15 bits per heavy atom. The lowest BCUT2D eigenvalue weighted by molar-refractivity contribution is 0.228. The molecular weight excluding hydrogens is 254 g/mol. The monoisotopic (exact) mass is 277 g/mol. The van der Waals surface area contributed by atoms with Crippen molar-refractivity contribution in [2.24, 2.45) is 10.9 Å². The first-order valence-electron chi connectivity index (χ1n) is 7.20. The standard InChI is InChI=1S/C14H23N5O/c15-14(18-20)13-6-5-12(11-17-13)16-7-4-10-19-8-2-1-3-9-19/h5-6,11,16,20H,1-4,7-10H2,(H2,15,18). The Labute approximate surface area is 119 Å². The second kappa shape index (κ2) is 7.69. The Hall–Kier alpha value is -1.82. The van der Waals surface area contributed by atoms with Crippen LogP contribution < -0.4 is 11.1 Å². The first kappa shape index (κ1) is 14.6. The van der Waals surface area contributed by atoms with E-state index in [-0.39, 0.29) is 5.84 Å². The van der Waals surface area contributed by atoms with Crippen molar-refractivity contribution in [2.75, 3.05) is 31.5 Å². The van der Waals surface area contributed by atoms with E-state index >= 15 is 0 Å². The van der Waals surface area contributed by atoms with Gasteiger partial charge in [0.05, 0.1) is 11.9 Å². The molecule has 6 nitrogen and oxygen atoms in total. The number of rotatable bonds is 6. The van der Waals surface area contributed by atoms with Gasteiger partial charge in [-0.3, -0.25) is 4.98 Å². The zero-order valence-electron chi connectivity index (χ0n) is 11.8. The smallest absolute Gasteiger partial charge is 0.188 e. The van der Waals surface area contributed by atoms with E-state index in [4.69, 9.17) is 10.9 Å². The summed E-state index contributed by atoms with van der Waals surface area (Å²) in [6.07, 6.45) is 6.89. The molecule has 6 heteroatoms. The van der Waals surface area contributed by atoms with Gasteiger partial charge in [-0.15, -0.1) is 0 Å². The fourth-order valence-electron chi connectivity index (χ4n) is 2.42. The number of nitrogens with two attached hydrogens (primary N) is 1. The van der Waals surface area contributed by atoms with Crippen molar-refractivity contribution in [1.29, 1.82) is 0 Å². The predicted molar refractivity (Wildman–Crippen MR) is 80.1 cm³/mol. The van der Waals surface area contributed by atoms with Crippen molar-refractivity contribution in [3.05, 3.63) is 24.0 Å². The molecule has 2 rings (SSSR count). The van der Waals surface area contributed by atoms with Crippen LogP contribution in [-0.2, 0) is 0 Å². The molecule has 1 fully saturated rings. The van der Waals surface area contributed by atoms with Crippen LogP contribution in [0.4, 0.5) is 5.69 Å². The average Bonchev–Trinajstić information content (AvgIpc) is 2.52. The second-order valence-electron chi connectivity index (χ2n) is 5.10. The summed E-state index contributed by atoms with van der Waals surface area (Å²) in [5, 5.41) is 14.8. The SMILES string of the molecule is N/C(=N\O)c1ccc(NCCCN2CCCCC2)cn1. The zero-order valence-corrected chi connectivity index (χ0v) is 11.8. The number of hydrogen-bond acceptors (Lipinski definition) is 5. The summed E-state index contributed by atoms with van der Waals surface area (Å²) in [7, 11) is 0. The summed E-state index contributed by atoms with van der Waals surface area (Å²) in [4.78, 5) is 6.66. The van der Waals surface area contributed by atoms with Gasteiger partial charge in [-0.1, -0.05) is 11.6 Å². The molecule has 0 aromatic carbocycles. The molecule has 1 aliphatic heterocycles. The molecule has 1 aliphatic rings. The largest absolute Gasteiger partial charge is 0.409 e. The minimum absolute atomic E-state index is 0.0293. The first-order chi connectivity index (χ1) is 9.79. The number of nitrogens with one attached hydrogen (secondary N) is 1. The predicted octanol–water partition coefficient (Wildman–Crippen LogP) is 1.46. The number of likely N-dealkylation sites (tertiary alicyclic amines) is 1. The van der Waals surface area contributed by atoms with Gasteiger partial charge >= 0.3 is 0 Å². The van der Waals surface area contributed by atoms with Crippen molar-refractivity contribution in [3.63, 3.8) is 0 Å². The third-order valence-corrected chi connectivity index (χ3v) is 3.56. The Morgan fingerprint density at radius 1 is 1.35 bits per heavy atom. The van der Waals surface area contributed by atoms with E-state index in [2.05, 4.69) is 20.4 Å². The highest BCUT2D eigenvalue weighted by Gasteiger charge is 2.08. The average molecular weight is 277 g/mol. The van der Waals surface area contributed by atoms with Crippen LogP contribution in [0.5, 0.6) is 0 Å². The number of pyridine rings is 1.